The van der Waals surface area contributed by atoms with E-state index in [9.17, 15) is 9.59 Å². The zero-order valence-corrected chi connectivity index (χ0v) is 18.9. The summed E-state index contributed by atoms with van der Waals surface area (Å²) in [6, 6.07) is 13.7. The molecule has 2 heterocycles. The van der Waals surface area contributed by atoms with Crippen LogP contribution < -0.4 is 5.32 Å². The molecule has 2 N–H and O–H groups in total. The SMILES string of the molecule is Cc1[nH]c2ccc(CNC(=O)C3CCN(C(=O)c4ccc(Br)cc4)CC3)cc2c1C. The predicted octanol–water partition coefficient (Wildman–Crippen LogP) is 4.72. The van der Waals surface area contributed by atoms with Crippen molar-refractivity contribution < 1.29 is 9.59 Å². The zero-order chi connectivity index (χ0) is 21.3. The Labute approximate surface area is 185 Å². The van der Waals surface area contributed by atoms with Crippen LogP contribution in [0.4, 0.5) is 0 Å². The van der Waals surface area contributed by atoms with Gasteiger partial charge in [-0.1, -0.05) is 22.0 Å². The van der Waals surface area contributed by atoms with Gasteiger partial charge in [0.05, 0.1) is 0 Å². The van der Waals surface area contributed by atoms with E-state index in [2.05, 4.69) is 58.3 Å². The average molecular weight is 468 g/mol. The number of hydrogen-bond acceptors (Lipinski definition) is 2. The molecule has 156 valence electrons. The van der Waals surface area contributed by atoms with E-state index in [1.54, 1.807) is 0 Å². The van der Waals surface area contributed by atoms with Crippen LogP contribution in [0.1, 0.15) is 40.0 Å². The Bertz CT molecular complexity index is 1080. The molecule has 1 fully saturated rings. The lowest BCUT2D eigenvalue weighted by Crippen LogP contribution is -2.42. The number of H-pyrrole nitrogens is 1. The van der Waals surface area contributed by atoms with Crippen LogP contribution in [0.2, 0.25) is 0 Å². The van der Waals surface area contributed by atoms with Crippen molar-refractivity contribution in [2.24, 2.45) is 5.92 Å². The second-order valence-corrected chi connectivity index (χ2v) is 8.96. The van der Waals surface area contributed by atoms with E-state index >= 15 is 0 Å². The minimum absolute atomic E-state index is 0.0341. The Morgan fingerprint density at radius 3 is 2.50 bits per heavy atom. The van der Waals surface area contributed by atoms with Crippen molar-refractivity contribution >= 4 is 38.6 Å². The molecule has 1 aromatic heterocycles. The van der Waals surface area contributed by atoms with Crippen LogP contribution in [0.15, 0.2) is 46.9 Å². The second-order valence-electron chi connectivity index (χ2n) is 8.05. The number of likely N-dealkylation sites (tertiary alicyclic amines) is 1. The molecule has 30 heavy (non-hydrogen) atoms. The summed E-state index contributed by atoms with van der Waals surface area (Å²) >= 11 is 3.39. The highest BCUT2D eigenvalue weighted by atomic mass is 79.9. The molecule has 0 atom stereocenters. The van der Waals surface area contributed by atoms with Crippen LogP contribution in [0.5, 0.6) is 0 Å². The van der Waals surface area contributed by atoms with E-state index in [0.717, 1.165) is 15.6 Å². The van der Waals surface area contributed by atoms with Crippen LogP contribution in [-0.4, -0.2) is 34.8 Å². The topological polar surface area (TPSA) is 65.2 Å². The maximum absolute atomic E-state index is 12.7. The number of nitrogens with one attached hydrogen (secondary N) is 2. The molecule has 4 rings (SSSR count). The van der Waals surface area contributed by atoms with Gasteiger partial charge in [0, 0.05) is 52.2 Å². The summed E-state index contributed by atoms with van der Waals surface area (Å²) < 4.78 is 0.954. The lowest BCUT2D eigenvalue weighted by molar-refractivity contribution is -0.126. The Hall–Kier alpha value is -2.60. The molecule has 0 unspecified atom stereocenters. The fourth-order valence-electron chi connectivity index (χ4n) is 4.07. The lowest BCUT2D eigenvalue weighted by Gasteiger charge is -2.31. The van der Waals surface area contributed by atoms with Gasteiger partial charge in [0.15, 0.2) is 0 Å². The number of halogens is 1. The van der Waals surface area contributed by atoms with Gasteiger partial charge in [0.1, 0.15) is 0 Å². The summed E-state index contributed by atoms with van der Waals surface area (Å²) in [5, 5.41) is 4.29. The van der Waals surface area contributed by atoms with Crippen molar-refractivity contribution in [1.29, 1.82) is 0 Å². The van der Waals surface area contributed by atoms with Crippen LogP contribution in [0.25, 0.3) is 10.9 Å². The van der Waals surface area contributed by atoms with Gasteiger partial charge in [-0.3, -0.25) is 9.59 Å². The molecule has 0 spiro atoms. The maximum atomic E-state index is 12.7. The number of aryl methyl sites for hydroxylation is 2. The molecule has 3 aromatic rings. The number of aromatic amines is 1. The summed E-state index contributed by atoms with van der Waals surface area (Å²) in [7, 11) is 0. The fourth-order valence-corrected chi connectivity index (χ4v) is 4.34. The second kappa shape index (κ2) is 8.64. The number of piperidine rings is 1. The van der Waals surface area contributed by atoms with E-state index in [-0.39, 0.29) is 17.7 Å². The molecule has 5 nitrogen and oxygen atoms in total. The molecule has 0 radical (unpaired) electrons. The first-order valence-electron chi connectivity index (χ1n) is 10.3. The predicted molar refractivity (Wildman–Crippen MR) is 122 cm³/mol. The van der Waals surface area contributed by atoms with E-state index in [1.165, 1.54) is 16.6 Å². The lowest BCUT2D eigenvalue weighted by atomic mass is 9.95. The van der Waals surface area contributed by atoms with Crippen molar-refractivity contribution in [2.45, 2.75) is 33.2 Å². The van der Waals surface area contributed by atoms with Gasteiger partial charge >= 0.3 is 0 Å². The Morgan fingerprint density at radius 2 is 1.80 bits per heavy atom. The largest absolute Gasteiger partial charge is 0.358 e. The number of rotatable bonds is 4. The highest BCUT2D eigenvalue weighted by Gasteiger charge is 2.27. The molecule has 1 aliphatic heterocycles. The average Bonchev–Trinajstić information content (AvgIpc) is 3.05. The number of benzene rings is 2. The molecule has 0 aliphatic carbocycles. The first-order chi connectivity index (χ1) is 14.4. The highest BCUT2D eigenvalue weighted by Crippen LogP contribution is 2.23. The number of carbonyl (C=O) groups excluding carboxylic acids is 2. The Kier molecular flexibility index (Phi) is 5.95. The van der Waals surface area contributed by atoms with E-state index < -0.39 is 0 Å². The number of fused-ring (bicyclic) bond motifs is 1. The van der Waals surface area contributed by atoms with Crippen LogP contribution >= 0.6 is 15.9 Å². The van der Waals surface area contributed by atoms with Crippen molar-refractivity contribution in [3.63, 3.8) is 0 Å². The minimum Gasteiger partial charge on any atom is -0.358 e. The Morgan fingerprint density at radius 1 is 1.10 bits per heavy atom. The van der Waals surface area contributed by atoms with Crippen LogP contribution in [0, 0.1) is 19.8 Å². The summed E-state index contributed by atoms with van der Waals surface area (Å²) in [6.45, 7) is 5.93. The van der Waals surface area contributed by atoms with E-state index in [1.807, 2.05) is 29.2 Å². The molecule has 6 heteroatoms. The highest BCUT2D eigenvalue weighted by molar-refractivity contribution is 9.10. The van der Waals surface area contributed by atoms with Crippen LogP contribution in [0.3, 0.4) is 0 Å². The number of amides is 2. The number of nitrogens with zero attached hydrogens (tertiary/aromatic N) is 1. The Balaban J connectivity index is 1.31. The van der Waals surface area contributed by atoms with Gasteiger partial charge in [-0.2, -0.15) is 0 Å². The van der Waals surface area contributed by atoms with Crippen molar-refractivity contribution in [3.8, 4) is 0 Å². The van der Waals surface area contributed by atoms with Gasteiger partial charge in [0.25, 0.3) is 5.91 Å². The van der Waals surface area contributed by atoms with Gasteiger partial charge in [-0.15, -0.1) is 0 Å². The molecule has 2 amide bonds. The molecule has 0 saturated carbocycles. The number of aromatic nitrogens is 1. The molecule has 1 saturated heterocycles. The van der Waals surface area contributed by atoms with Crippen molar-refractivity contribution in [3.05, 3.63) is 69.3 Å². The number of carbonyl (C=O) groups is 2. The van der Waals surface area contributed by atoms with Gasteiger partial charge in [-0.05, 0) is 74.2 Å². The van der Waals surface area contributed by atoms with Crippen molar-refractivity contribution in [1.82, 2.24) is 15.2 Å². The standard InChI is InChI=1S/C24H26BrN3O2/c1-15-16(2)27-22-8-3-17(13-21(15)22)14-26-23(29)18-9-11-28(12-10-18)24(30)19-4-6-20(25)7-5-19/h3-8,13,18,27H,9-12,14H2,1-2H3,(H,26,29). The van der Waals surface area contributed by atoms with Gasteiger partial charge < -0.3 is 15.2 Å². The summed E-state index contributed by atoms with van der Waals surface area (Å²) in [4.78, 5) is 30.5. The van der Waals surface area contributed by atoms with E-state index in [4.69, 9.17) is 0 Å². The smallest absolute Gasteiger partial charge is 0.253 e. The first-order valence-corrected chi connectivity index (χ1v) is 11.1. The third-order valence-electron chi connectivity index (χ3n) is 6.08. The molecule has 0 bridgehead atoms. The van der Waals surface area contributed by atoms with Gasteiger partial charge in [0.2, 0.25) is 5.91 Å². The normalized spacial score (nSPS) is 14.8. The third kappa shape index (κ3) is 4.29. The fraction of sp³-hybridized carbons (Fsp3) is 0.333. The summed E-state index contributed by atoms with van der Waals surface area (Å²) in [5.41, 5.74) is 5.34. The molecular formula is C24H26BrN3O2. The third-order valence-corrected chi connectivity index (χ3v) is 6.61. The van der Waals surface area contributed by atoms with Crippen LogP contribution in [-0.2, 0) is 11.3 Å². The zero-order valence-electron chi connectivity index (χ0n) is 17.3. The van der Waals surface area contributed by atoms with Gasteiger partial charge in [-0.25, -0.2) is 0 Å². The quantitative estimate of drug-likeness (QED) is 0.582. The molecule has 2 aromatic carbocycles. The summed E-state index contributed by atoms with van der Waals surface area (Å²) in [6.07, 6.45) is 1.40. The van der Waals surface area contributed by atoms with Crippen molar-refractivity contribution in [2.75, 3.05) is 13.1 Å². The summed E-state index contributed by atoms with van der Waals surface area (Å²) in [5.74, 6) is 0.0681. The maximum Gasteiger partial charge on any atom is 0.253 e. The first kappa shape index (κ1) is 20.7. The number of hydrogen-bond donors (Lipinski definition) is 2. The minimum atomic E-state index is -0.0426. The monoisotopic (exact) mass is 467 g/mol. The molecular weight excluding hydrogens is 442 g/mol. The molecule has 1 aliphatic rings. The van der Waals surface area contributed by atoms with E-state index in [0.29, 0.717) is 38.0 Å².